The number of hydrogen-bond donors (Lipinski definition) is 0. The molecule has 5 rings (SSSR count). The molecule has 3 aromatic carbocycles. The fourth-order valence-electron chi connectivity index (χ4n) is 5.92. The molecule has 0 heterocycles. The Morgan fingerprint density at radius 1 is 0.875 bits per heavy atom. The van der Waals surface area contributed by atoms with E-state index in [4.69, 9.17) is 4.74 Å². The highest BCUT2D eigenvalue weighted by atomic mass is 16.5. The van der Waals surface area contributed by atoms with Crippen LogP contribution in [0.4, 0.5) is 0 Å². The summed E-state index contributed by atoms with van der Waals surface area (Å²) in [5.41, 5.74) is 3.36. The van der Waals surface area contributed by atoms with Gasteiger partial charge in [-0.2, -0.15) is 0 Å². The number of fused-ring (bicyclic) bond motifs is 3. The second-order valence-electron chi connectivity index (χ2n) is 9.94. The maximum Gasteiger partial charge on any atom is 0.310 e. The lowest BCUT2D eigenvalue weighted by atomic mass is 9.88. The van der Waals surface area contributed by atoms with E-state index < -0.39 is 6.10 Å². The molecule has 3 heteroatoms. The Balaban J connectivity index is 1.59. The quantitative estimate of drug-likeness (QED) is 0.419. The molecular formula is C29H33NO2. The van der Waals surface area contributed by atoms with Crippen LogP contribution in [0.2, 0.25) is 0 Å². The van der Waals surface area contributed by atoms with E-state index in [1.807, 2.05) is 0 Å². The third kappa shape index (κ3) is 3.84. The van der Waals surface area contributed by atoms with Crippen LogP contribution >= 0.6 is 0 Å². The molecule has 2 fully saturated rings. The van der Waals surface area contributed by atoms with Crippen molar-refractivity contribution in [2.24, 2.45) is 17.8 Å². The van der Waals surface area contributed by atoms with E-state index >= 15 is 0 Å². The Kier molecular flexibility index (Phi) is 5.77. The third-order valence-electron chi connectivity index (χ3n) is 7.88. The zero-order valence-electron chi connectivity index (χ0n) is 19.3. The number of carbonyl (C=O) groups excluding carboxylic acids is 1. The Morgan fingerprint density at radius 3 is 2.28 bits per heavy atom. The van der Waals surface area contributed by atoms with Crippen molar-refractivity contribution in [2.45, 2.75) is 44.8 Å². The number of nitrogens with zero attached hydrogens (tertiary/aromatic N) is 1. The molecule has 2 aliphatic rings. The molecular weight excluding hydrogens is 394 g/mol. The molecule has 2 aliphatic carbocycles. The lowest BCUT2D eigenvalue weighted by Crippen LogP contribution is -2.26. The second kappa shape index (κ2) is 8.71. The van der Waals surface area contributed by atoms with Crippen LogP contribution in [-0.4, -0.2) is 25.0 Å². The summed E-state index contributed by atoms with van der Waals surface area (Å²) >= 11 is 0. The summed E-state index contributed by atoms with van der Waals surface area (Å²) < 4.78 is 6.48. The van der Waals surface area contributed by atoms with Crippen LogP contribution in [0.3, 0.4) is 0 Å². The number of hydrogen-bond acceptors (Lipinski definition) is 3. The minimum Gasteiger partial charge on any atom is -0.452 e. The van der Waals surface area contributed by atoms with E-state index in [-0.39, 0.29) is 17.9 Å². The number of ether oxygens (including phenoxy) is 1. The Hall–Kier alpha value is -2.65. The maximum absolute atomic E-state index is 13.5. The third-order valence-corrected chi connectivity index (χ3v) is 7.88. The van der Waals surface area contributed by atoms with E-state index in [1.165, 1.54) is 30.2 Å². The molecule has 0 aromatic heterocycles. The van der Waals surface area contributed by atoms with E-state index in [0.29, 0.717) is 5.92 Å². The summed E-state index contributed by atoms with van der Waals surface area (Å²) in [4.78, 5) is 15.7. The summed E-state index contributed by atoms with van der Waals surface area (Å²) in [5.74, 6) is 1.28. The first-order valence-electron chi connectivity index (χ1n) is 12.0. The predicted molar refractivity (Wildman–Crippen MR) is 129 cm³/mol. The molecule has 2 bridgehead atoms. The van der Waals surface area contributed by atoms with Crippen LogP contribution in [0.15, 0.2) is 66.7 Å². The Bertz CT molecular complexity index is 1120. The van der Waals surface area contributed by atoms with Gasteiger partial charge in [-0.05, 0) is 68.5 Å². The molecule has 32 heavy (non-hydrogen) atoms. The lowest BCUT2D eigenvalue weighted by Gasteiger charge is -2.29. The minimum absolute atomic E-state index is 0.0116. The van der Waals surface area contributed by atoms with Crippen molar-refractivity contribution in [1.29, 1.82) is 0 Å². The maximum atomic E-state index is 13.5. The van der Waals surface area contributed by atoms with Gasteiger partial charge in [0, 0.05) is 17.2 Å². The number of esters is 1. The molecule has 166 valence electrons. The lowest BCUT2D eigenvalue weighted by molar-refractivity contribution is -0.154. The molecule has 0 amide bonds. The monoisotopic (exact) mass is 427 g/mol. The van der Waals surface area contributed by atoms with E-state index in [2.05, 4.69) is 92.6 Å². The molecule has 0 N–H and O–H groups in total. The molecule has 2 saturated carbocycles. The van der Waals surface area contributed by atoms with Crippen molar-refractivity contribution in [3.05, 3.63) is 83.4 Å². The van der Waals surface area contributed by atoms with Gasteiger partial charge in [-0.3, -0.25) is 4.79 Å². The molecule has 3 nitrogen and oxygen atoms in total. The molecule has 0 radical (unpaired) electrons. The largest absolute Gasteiger partial charge is 0.452 e. The molecule has 3 aromatic rings. The average Bonchev–Trinajstić information content (AvgIpc) is 3.46. The van der Waals surface area contributed by atoms with Crippen molar-refractivity contribution in [1.82, 2.24) is 4.90 Å². The van der Waals surface area contributed by atoms with E-state index in [0.717, 1.165) is 28.9 Å². The van der Waals surface area contributed by atoms with Crippen molar-refractivity contribution < 1.29 is 9.53 Å². The predicted octanol–water partition coefficient (Wildman–Crippen LogP) is 6.53. The molecule has 0 aliphatic heterocycles. The summed E-state index contributed by atoms with van der Waals surface area (Å²) in [6, 6.07) is 23.4. The molecule has 0 saturated heterocycles. The molecule has 0 spiro atoms. The van der Waals surface area contributed by atoms with Gasteiger partial charge >= 0.3 is 5.97 Å². The summed E-state index contributed by atoms with van der Waals surface area (Å²) in [6.07, 6.45) is 4.25. The molecule has 5 atom stereocenters. The van der Waals surface area contributed by atoms with Crippen LogP contribution in [0.1, 0.15) is 61.4 Å². The minimum atomic E-state index is -0.411. The van der Waals surface area contributed by atoms with Crippen LogP contribution in [0, 0.1) is 17.8 Å². The topological polar surface area (TPSA) is 29.5 Å². The average molecular weight is 428 g/mol. The van der Waals surface area contributed by atoms with Crippen molar-refractivity contribution in [3.63, 3.8) is 0 Å². The van der Waals surface area contributed by atoms with E-state index in [1.54, 1.807) is 0 Å². The molecule has 0 unspecified atom stereocenters. The van der Waals surface area contributed by atoms with Gasteiger partial charge in [0.25, 0.3) is 0 Å². The number of rotatable bonds is 6. The Morgan fingerprint density at radius 2 is 1.56 bits per heavy atom. The van der Waals surface area contributed by atoms with Crippen LogP contribution in [0.25, 0.3) is 10.8 Å². The summed E-state index contributed by atoms with van der Waals surface area (Å²) in [6.45, 7) is 2.21. The van der Waals surface area contributed by atoms with Gasteiger partial charge in [-0.15, -0.1) is 0 Å². The van der Waals surface area contributed by atoms with Crippen molar-refractivity contribution in [2.75, 3.05) is 14.1 Å². The van der Waals surface area contributed by atoms with Crippen LogP contribution in [0.5, 0.6) is 0 Å². The van der Waals surface area contributed by atoms with Crippen molar-refractivity contribution in [3.8, 4) is 0 Å². The van der Waals surface area contributed by atoms with Gasteiger partial charge in [0.05, 0.1) is 5.92 Å². The highest BCUT2D eigenvalue weighted by Crippen LogP contribution is 2.49. The zero-order valence-corrected chi connectivity index (χ0v) is 19.3. The zero-order chi connectivity index (χ0) is 22.2. The first-order valence-corrected chi connectivity index (χ1v) is 12.0. The fraction of sp³-hybridized carbons (Fsp3) is 0.414. The number of carbonyl (C=O) groups is 1. The van der Waals surface area contributed by atoms with Gasteiger partial charge < -0.3 is 9.64 Å². The van der Waals surface area contributed by atoms with Gasteiger partial charge in [-0.1, -0.05) is 73.2 Å². The van der Waals surface area contributed by atoms with Gasteiger partial charge in [0.15, 0.2) is 6.10 Å². The summed E-state index contributed by atoms with van der Waals surface area (Å²) in [5, 5.41) is 2.32. The van der Waals surface area contributed by atoms with Gasteiger partial charge in [0.2, 0.25) is 0 Å². The van der Waals surface area contributed by atoms with Crippen molar-refractivity contribution >= 4 is 16.7 Å². The first-order chi connectivity index (χ1) is 15.5. The van der Waals surface area contributed by atoms with Gasteiger partial charge in [-0.25, -0.2) is 0 Å². The highest BCUT2D eigenvalue weighted by Gasteiger charge is 2.44. The van der Waals surface area contributed by atoms with Gasteiger partial charge in [0.1, 0.15) is 0 Å². The number of benzene rings is 3. The highest BCUT2D eigenvalue weighted by molar-refractivity contribution is 5.87. The summed E-state index contributed by atoms with van der Waals surface area (Å²) in [7, 11) is 4.19. The van der Waals surface area contributed by atoms with Crippen LogP contribution < -0.4 is 0 Å². The first kappa shape index (κ1) is 21.2. The second-order valence-corrected chi connectivity index (χ2v) is 9.94. The standard InChI is InChI=1S/C29H33NO2/c1-19(30(2)3)23-11-6-7-13-25(23)28(26-14-8-10-21-9-4-5-12-24(21)26)32-29(31)27-18-20-15-16-22(27)17-20/h4-14,19-20,22,27-28H,15-18H2,1-3H3/t19-,20-,22+,27+,28-/m1/s1. The fourth-order valence-corrected chi connectivity index (χ4v) is 5.92. The smallest absolute Gasteiger partial charge is 0.310 e. The normalized spacial score (nSPS) is 24.1. The SMILES string of the molecule is C[C@H](c1ccccc1[C@@H](OC(=O)[C@H]1C[C@@H]2CC[C@H]1C2)c1cccc2ccccc12)N(C)C. The Labute approximate surface area is 191 Å². The van der Waals surface area contributed by atoms with E-state index in [9.17, 15) is 4.79 Å². The van der Waals surface area contributed by atoms with Crippen LogP contribution in [-0.2, 0) is 9.53 Å².